The van der Waals surface area contributed by atoms with Crippen LogP contribution in [0, 0.1) is 0 Å². The van der Waals surface area contributed by atoms with E-state index in [4.69, 9.17) is 4.74 Å². The van der Waals surface area contributed by atoms with Gasteiger partial charge in [-0.25, -0.2) is 9.97 Å². The standard InChI is InChI=1S/C17H22N4O/c1-20(17-7-9-18-13-19-17)15-8-10-21(12-15)11-14-3-5-16(22-2)6-4-14/h3-7,9,13,15H,8,10-12H2,1-2H3. The fourth-order valence-electron chi connectivity index (χ4n) is 2.94. The van der Waals surface area contributed by atoms with Crippen molar-refractivity contribution < 1.29 is 4.74 Å². The molecular formula is C17H22N4O. The number of rotatable bonds is 5. The Hall–Kier alpha value is -2.14. The molecule has 0 radical (unpaired) electrons. The lowest BCUT2D eigenvalue weighted by molar-refractivity contribution is 0.325. The van der Waals surface area contributed by atoms with E-state index in [0.717, 1.165) is 37.6 Å². The number of aromatic nitrogens is 2. The normalized spacial score (nSPS) is 18.4. The van der Waals surface area contributed by atoms with Crippen LogP contribution in [0.5, 0.6) is 5.75 Å². The van der Waals surface area contributed by atoms with Gasteiger partial charge in [-0.3, -0.25) is 4.90 Å². The Balaban J connectivity index is 1.57. The van der Waals surface area contributed by atoms with Crippen LogP contribution in [0.4, 0.5) is 5.82 Å². The van der Waals surface area contributed by atoms with Gasteiger partial charge in [-0.15, -0.1) is 0 Å². The lowest BCUT2D eigenvalue weighted by Gasteiger charge is -2.25. The van der Waals surface area contributed by atoms with Crippen LogP contribution in [0.25, 0.3) is 0 Å². The van der Waals surface area contributed by atoms with Crippen LogP contribution in [0.1, 0.15) is 12.0 Å². The molecule has 2 aromatic rings. The summed E-state index contributed by atoms with van der Waals surface area (Å²) in [6.45, 7) is 3.16. The molecule has 1 unspecified atom stereocenters. The largest absolute Gasteiger partial charge is 0.497 e. The first kappa shape index (κ1) is 14.8. The predicted octanol–water partition coefficient (Wildman–Crippen LogP) is 2.20. The molecule has 116 valence electrons. The number of likely N-dealkylation sites (tertiary alicyclic amines) is 1. The summed E-state index contributed by atoms with van der Waals surface area (Å²) in [6, 6.07) is 10.8. The number of ether oxygens (including phenoxy) is 1. The summed E-state index contributed by atoms with van der Waals surface area (Å²) in [5, 5.41) is 0. The maximum atomic E-state index is 5.20. The van der Waals surface area contributed by atoms with E-state index in [9.17, 15) is 0 Å². The van der Waals surface area contributed by atoms with E-state index < -0.39 is 0 Å². The minimum absolute atomic E-state index is 0.508. The van der Waals surface area contributed by atoms with E-state index in [1.165, 1.54) is 5.56 Å². The first-order chi connectivity index (χ1) is 10.8. The van der Waals surface area contributed by atoms with Crippen LogP contribution in [-0.4, -0.2) is 48.2 Å². The highest BCUT2D eigenvalue weighted by Gasteiger charge is 2.26. The Kier molecular flexibility index (Phi) is 4.53. The lowest BCUT2D eigenvalue weighted by atomic mass is 10.2. The van der Waals surface area contributed by atoms with Gasteiger partial charge in [0.2, 0.25) is 0 Å². The third-order valence-corrected chi connectivity index (χ3v) is 4.29. The molecule has 22 heavy (non-hydrogen) atoms. The second-order valence-electron chi connectivity index (χ2n) is 5.70. The van der Waals surface area contributed by atoms with Crippen molar-refractivity contribution in [3.63, 3.8) is 0 Å². The van der Waals surface area contributed by atoms with Crippen molar-refractivity contribution in [3.05, 3.63) is 48.4 Å². The minimum Gasteiger partial charge on any atom is -0.497 e. The Morgan fingerprint density at radius 2 is 2.09 bits per heavy atom. The van der Waals surface area contributed by atoms with Crippen LogP contribution >= 0.6 is 0 Å². The van der Waals surface area contributed by atoms with Crippen molar-refractivity contribution in [2.45, 2.75) is 19.0 Å². The van der Waals surface area contributed by atoms with Gasteiger partial charge >= 0.3 is 0 Å². The molecule has 0 aliphatic carbocycles. The molecule has 1 fully saturated rings. The highest BCUT2D eigenvalue weighted by molar-refractivity contribution is 5.37. The molecule has 5 nitrogen and oxygen atoms in total. The number of likely N-dealkylation sites (N-methyl/N-ethyl adjacent to an activating group) is 1. The van der Waals surface area contributed by atoms with E-state index >= 15 is 0 Å². The molecule has 0 amide bonds. The highest BCUT2D eigenvalue weighted by Crippen LogP contribution is 2.21. The zero-order valence-electron chi connectivity index (χ0n) is 13.1. The van der Waals surface area contributed by atoms with Crippen molar-refractivity contribution in [2.75, 3.05) is 32.1 Å². The van der Waals surface area contributed by atoms with Crippen molar-refractivity contribution in [1.29, 1.82) is 0 Å². The second kappa shape index (κ2) is 6.75. The number of nitrogens with zero attached hydrogens (tertiary/aromatic N) is 4. The average Bonchev–Trinajstić information content (AvgIpc) is 3.04. The quantitative estimate of drug-likeness (QED) is 0.846. The fourth-order valence-corrected chi connectivity index (χ4v) is 2.94. The first-order valence-corrected chi connectivity index (χ1v) is 7.60. The van der Waals surface area contributed by atoms with Gasteiger partial charge < -0.3 is 9.64 Å². The molecule has 0 saturated carbocycles. The van der Waals surface area contributed by atoms with Gasteiger partial charge in [-0.2, -0.15) is 0 Å². The molecule has 1 aliphatic rings. The van der Waals surface area contributed by atoms with Crippen LogP contribution < -0.4 is 9.64 Å². The fraction of sp³-hybridized carbons (Fsp3) is 0.412. The molecular weight excluding hydrogens is 276 g/mol. The number of benzene rings is 1. The zero-order chi connectivity index (χ0) is 15.4. The maximum Gasteiger partial charge on any atom is 0.131 e. The first-order valence-electron chi connectivity index (χ1n) is 7.60. The van der Waals surface area contributed by atoms with Gasteiger partial charge in [-0.1, -0.05) is 12.1 Å². The third-order valence-electron chi connectivity index (χ3n) is 4.29. The van der Waals surface area contributed by atoms with E-state index in [0.29, 0.717) is 6.04 Å². The van der Waals surface area contributed by atoms with Crippen LogP contribution in [0.3, 0.4) is 0 Å². The van der Waals surface area contributed by atoms with Crippen LogP contribution in [0.2, 0.25) is 0 Å². The molecule has 1 aromatic heterocycles. The molecule has 2 heterocycles. The SMILES string of the molecule is COc1ccc(CN2CCC(N(C)c3ccncn3)C2)cc1. The summed E-state index contributed by atoms with van der Waals surface area (Å²) in [4.78, 5) is 13.1. The molecule has 0 bridgehead atoms. The minimum atomic E-state index is 0.508. The van der Waals surface area contributed by atoms with Gasteiger partial charge in [0.15, 0.2) is 0 Å². The van der Waals surface area contributed by atoms with Crippen LogP contribution in [0.15, 0.2) is 42.9 Å². The number of anilines is 1. The topological polar surface area (TPSA) is 41.5 Å². The van der Waals surface area contributed by atoms with E-state index in [2.05, 4.69) is 38.9 Å². The third kappa shape index (κ3) is 3.36. The summed E-state index contributed by atoms with van der Waals surface area (Å²) in [7, 11) is 3.81. The summed E-state index contributed by atoms with van der Waals surface area (Å²) in [5.74, 6) is 1.90. The zero-order valence-corrected chi connectivity index (χ0v) is 13.1. The Morgan fingerprint density at radius 3 is 2.77 bits per heavy atom. The average molecular weight is 298 g/mol. The van der Waals surface area contributed by atoms with Crippen LogP contribution in [-0.2, 0) is 6.54 Å². The lowest BCUT2D eigenvalue weighted by Crippen LogP contribution is -2.34. The smallest absolute Gasteiger partial charge is 0.131 e. The Bertz CT molecular complexity index is 587. The predicted molar refractivity (Wildman–Crippen MR) is 87.1 cm³/mol. The Labute approximate surface area is 131 Å². The van der Waals surface area contributed by atoms with Crippen molar-refractivity contribution in [2.24, 2.45) is 0 Å². The maximum absolute atomic E-state index is 5.20. The van der Waals surface area contributed by atoms with Gasteiger partial charge in [0.05, 0.1) is 7.11 Å². The van der Waals surface area contributed by atoms with E-state index in [-0.39, 0.29) is 0 Å². The number of methoxy groups -OCH3 is 1. The molecule has 1 aromatic carbocycles. The summed E-state index contributed by atoms with van der Waals surface area (Å²) >= 11 is 0. The summed E-state index contributed by atoms with van der Waals surface area (Å²) in [5.41, 5.74) is 1.33. The highest BCUT2D eigenvalue weighted by atomic mass is 16.5. The number of hydrogen-bond donors (Lipinski definition) is 0. The molecule has 0 spiro atoms. The van der Waals surface area contributed by atoms with Crippen molar-refractivity contribution in [1.82, 2.24) is 14.9 Å². The second-order valence-corrected chi connectivity index (χ2v) is 5.70. The van der Waals surface area contributed by atoms with Gasteiger partial charge in [0, 0.05) is 38.9 Å². The van der Waals surface area contributed by atoms with E-state index in [1.54, 1.807) is 19.6 Å². The molecule has 5 heteroatoms. The Morgan fingerprint density at radius 1 is 1.27 bits per heavy atom. The van der Waals surface area contributed by atoms with Crippen molar-refractivity contribution >= 4 is 5.82 Å². The molecule has 1 aliphatic heterocycles. The molecule has 1 saturated heterocycles. The van der Waals surface area contributed by atoms with Gasteiger partial charge in [0.1, 0.15) is 17.9 Å². The molecule has 1 atom stereocenters. The van der Waals surface area contributed by atoms with Gasteiger partial charge in [0.25, 0.3) is 0 Å². The number of hydrogen-bond acceptors (Lipinski definition) is 5. The molecule has 3 rings (SSSR count). The monoisotopic (exact) mass is 298 g/mol. The summed E-state index contributed by atoms with van der Waals surface area (Å²) in [6.07, 6.45) is 4.56. The van der Waals surface area contributed by atoms with Crippen molar-refractivity contribution in [3.8, 4) is 5.75 Å². The molecule has 0 N–H and O–H groups in total. The van der Waals surface area contributed by atoms with Gasteiger partial charge in [-0.05, 0) is 30.2 Å². The van der Waals surface area contributed by atoms with E-state index in [1.807, 2.05) is 18.2 Å². The summed E-state index contributed by atoms with van der Waals surface area (Å²) < 4.78 is 5.20.